The van der Waals surface area contributed by atoms with Crippen molar-refractivity contribution in [2.24, 2.45) is 0 Å². The van der Waals surface area contributed by atoms with Crippen LogP contribution in [0.5, 0.6) is 5.75 Å². The molecule has 0 N–H and O–H groups in total. The molecule has 0 fully saturated rings. The molecule has 0 aliphatic carbocycles. The third-order valence-corrected chi connectivity index (χ3v) is 4.93. The van der Waals surface area contributed by atoms with Gasteiger partial charge in [0.05, 0.1) is 18.4 Å². The van der Waals surface area contributed by atoms with Crippen molar-refractivity contribution in [3.05, 3.63) is 82.7 Å². The van der Waals surface area contributed by atoms with Crippen molar-refractivity contribution >= 4 is 21.6 Å². The zero-order valence-electron chi connectivity index (χ0n) is 13.5. The first kappa shape index (κ1) is 15.6. The molecule has 4 nitrogen and oxygen atoms in total. The van der Waals surface area contributed by atoms with Gasteiger partial charge in [0.25, 0.3) is 5.56 Å². The molecule has 4 rings (SSSR count). The maximum Gasteiger partial charge on any atom is 0.271 e. The highest BCUT2D eigenvalue weighted by Gasteiger charge is 2.12. The molecule has 0 atom stereocenters. The predicted octanol–water partition coefficient (Wildman–Crippen LogP) is 4.20. The second-order valence-electron chi connectivity index (χ2n) is 5.60. The van der Waals surface area contributed by atoms with Crippen molar-refractivity contribution in [2.45, 2.75) is 6.54 Å². The average molecular weight is 348 g/mol. The Bertz CT molecular complexity index is 1040. The first-order valence-electron chi connectivity index (χ1n) is 8.03. The second kappa shape index (κ2) is 6.91. The van der Waals surface area contributed by atoms with Crippen LogP contribution in [0.25, 0.3) is 21.3 Å². The fourth-order valence-corrected chi connectivity index (χ4v) is 3.68. The van der Waals surface area contributed by atoms with E-state index < -0.39 is 0 Å². The Balaban J connectivity index is 1.58. The number of thiophene rings is 1. The van der Waals surface area contributed by atoms with E-state index in [1.165, 1.54) is 11.3 Å². The summed E-state index contributed by atoms with van der Waals surface area (Å²) >= 11 is 1.44. The first-order valence-corrected chi connectivity index (χ1v) is 8.91. The van der Waals surface area contributed by atoms with Crippen LogP contribution in [-0.2, 0) is 6.54 Å². The van der Waals surface area contributed by atoms with E-state index in [-0.39, 0.29) is 5.56 Å². The summed E-state index contributed by atoms with van der Waals surface area (Å²) in [5, 5.41) is 2.00. The Kier molecular flexibility index (Phi) is 4.31. The highest BCUT2D eigenvalue weighted by atomic mass is 32.1. The Morgan fingerprint density at radius 1 is 1.00 bits per heavy atom. The molecule has 4 aromatic rings. The summed E-state index contributed by atoms with van der Waals surface area (Å²) in [5.74, 6) is 0.798. The number of para-hydroxylation sites is 1. The SMILES string of the molecule is O=c1c2scc(-c3ccccc3)c2ncn1CCOc1ccccc1. The molecule has 124 valence electrons. The zero-order chi connectivity index (χ0) is 17.1. The van der Waals surface area contributed by atoms with Gasteiger partial charge in [-0.2, -0.15) is 0 Å². The van der Waals surface area contributed by atoms with Gasteiger partial charge in [0.1, 0.15) is 17.1 Å². The topological polar surface area (TPSA) is 44.1 Å². The molecule has 2 aromatic heterocycles. The molecular formula is C20H16N2O2S. The van der Waals surface area contributed by atoms with Gasteiger partial charge in [0.2, 0.25) is 0 Å². The maximum atomic E-state index is 12.7. The van der Waals surface area contributed by atoms with Gasteiger partial charge in [-0.05, 0) is 17.7 Å². The third kappa shape index (κ3) is 3.19. The fourth-order valence-electron chi connectivity index (χ4n) is 2.70. The van der Waals surface area contributed by atoms with Gasteiger partial charge >= 0.3 is 0 Å². The molecule has 2 heterocycles. The molecular weight excluding hydrogens is 332 g/mol. The van der Waals surface area contributed by atoms with E-state index >= 15 is 0 Å². The minimum absolute atomic E-state index is 0.0196. The van der Waals surface area contributed by atoms with Crippen LogP contribution in [0.15, 0.2) is 77.2 Å². The summed E-state index contributed by atoms with van der Waals surface area (Å²) in [5.41, 5.74) is 2.83. The summed E-state index contributed by atoms with van der Waals surface area (Å²) in [6.45, 7) is 0.892. The molecule has 0 saturated carbocycles. The van der Waals surface area contributed by atoms with Crippen LogP contribution in [0.2, 0.25) is 0 Å². The molecule has 0 radical (unpaired) electrons. The van der Waals surface area contributed by atoms with Crippen LogP contribution >= 0.6 is 11.3 Å². The van der Waals surface area contributed by atoms with E-state index in [4.69, 9.17) is 4.74 Å². The molecule has 2 aromatic carbocycles. The van der Waals surface area contributed by atoms with E-state index in [2.05, 4.69) is 4.98 Å². The van der Waals surface area contributed by atoms with Gasteiger partial charge in [-0.15, -0.1) is 11.3 Å². The molecule has 0 unspecified atom stereocenters. The van der Waals surface area contributed by atoms with E-state index in [0.717, 1.165) is 22.4 Å². The second-order valence-corrected chi connectivity index (χ2v) is 6.48. The van der Waals surface area contributed by atoms with Gasteiger partial charge in [-0.25, -0.2) is 4.98 Å². The summed E-state index contributed by atoms with van der Waals surface area (Å²) < 4.78 is 7.96. The van der Waals surface area contributed by atoms with Crippen molar-refractivity contribution in [1.29, 1.82) is 0 Å². The van der Waals surface area contributed by atoms with Gasteiger partial charge in [0.15, 0.2) is 0 Å². The van der Waals surface area contributed by atoms with Crippen LogP contribution in [0.4, 0.5) is 0 Å². The van der Waals surface area contributed by atoms with E-state index in [1.54, 1.807) is 10.9 Å². The highest BCUT2D eigenvalue weighted by Crippen LogP contribution is 2.30. The van der Waals surface area contributed by atoms with Crippen LogP contribution in [0.3, 0.4) is 0 Å². The van der Waals surface area contributed by atoms with Crippen molar-refractivity contribution in [3.8, 4) is 16.9 Å². The Hall–Kier alpha value is -2.92. The van der Waals surface area contributed by atoms with Gasteiger partial charge in [-0.3, -0.25) is 9.36 Å². The van der Waals surface area contributed by atoms with E-state index in [9.17, 15) is 4.79 Å². The number of ether oxygens (including phenoxy) is 1. The van der Waals surface area contributed by atoms with Crippen LogP contribution < -0.4 is 10.3 Å². The Morgan fingerprint density at radius 3 is 2.48 bits per heavy atom. The zero-order valence-corrected chi connectivity index (χ0v) is 14.3. The quantitative estimate of drug-likeness (QED) is 0.543. The lowest BCUT2D eigenvalue weighted by molar-refractivity contribution is 0.296. The monoisotopic (exact) mass is 348 g/mol. The van der Waals surface area contributed by atoms with Crippen molar-refractivity contribution in [2.75, 3.05) is 6.61 Å². The number of aromatic nitrogens is 2. The number of rotatable bonds is 5. The predicted molar refractivity (Wildman–Crippen MR) is 101 cm³/mol. The normalized spacial score (nSPS) is 10.9. The smallest absolute Gasteiger partial charge is 0.271 e. The number of benzene rings is 2. The van der Waals surface area contributed by atoms with Gasteiger partial charge in [-0.1, -0.05) is 48.5 Å². The number of fused-ring (bicyclic) bond motifs is 1. The number of hydrogen-bond acceptors (Lipinski definition) is 4. The summed E-state index contributed by atoms with van der Waals surface area (Å²) in [6.07, 6.45) is 1.61. The van der Waals surface area contributed by atoms with Crippen LogP contribution in [-0.4, -0.2) is 16.2 Å². The maximum absolute atomic E-state index is 12.7. The van der Waals surface area contributed by atoms with E-state index in [1.807, 2.05) is 66.0 Å². The minimum Gasteiger partial charge on any atom is -0.492 e. The Morgan fingerprint density at radius 2 is 1.72 bits per heavy atom. The lowest BCUT2D eigenvalue weighted by Crippen LogP contribution is -2.22. The van der Waals surface area contributed by atoms with Crippen LogP contribution in [0, 0.1) is 0 Å². The van der Waals surface area contributed by atoms with Gasteiger partial charge in [0, 0.05) is 10.9 Å². The van der Waals surface area contributed by atoms with Crippen molar-refractivity contribution in [1.82, 2.24) is 9.55 Å². The average Bonchev–Trinajstić information content (AvgIpc) is 3.10. The molecule has 0 saturated heterocycles. The summed E-state index contributed by atoms with van der Waals surface area (Å²) in [6, 6.07) is 19.6. The number of nitrogens with zero attached hydrogens (tertiary/aromatic N) is 2. The first-order chi connectivity index (χ1) is 12.3. The van der Waals surface area contributed by atoms with Gasteiger partial charge < -0.3 is 4.74 Å². The lowest BCUT2D eigenvalue weighted by Gasteiger charge is -2.08. The molecule has 0 aliphatic rings. The molecule has 0 aliphatic heterocycles. The minimum atomic E-state index is -0.0196. The standard InChI is InChI=1S/C20H16N2O2S/c23-20-19-18(17(13-25-19)15-7-3-1-4-8-15)21-14-22(20)11-12-24-16-9-5-2-6-10-16/h1-10,13-14H,11-12H2. The third-order valence-electron chi connectivity index (χ3n) is 3.98. The van der Waals surface area contributed by atoms with Crippen molar-refractivity contribution < 1.29 is 4.74 Å². The molecule has 25 heavy (non-hydrogen) atoms. The summed E-state index contributed by atoms with van der Waals surface area (Å²) in [7, 11) is 0. The molecule has 0 spiro atoms. The van der Waals surface area contributed by atoms with Crippen LogP contribution in [0.1, 0.15) is 0 Å². The fraction of sp³-hybridized carbons (Fsp3) is 0.100. The van der Waals surface area contributed by atoms with Crippen molar-refractivity contribution in [3.63, 3.8) is 0 Å². The summed E-state index contributed by atoms with van der Waals surface area (Å²) in [4.78, 5) is 17.2. The molecule has 5 heteroatoms. The largest absolute Gasteiger partial charge is 0.492 e. The molecule has 0 bridgehead atoms. The number of hydrogen-bond donors (Lipinski definition) is 0. The Labute approximate surface area is 149 Å². The highest BCUT2D eigenvalue weighted by molar-refractivity contribution is 7.17. The van der Waals surface area contributed by atoms with E-state index in [0.29, 0.717) is 17.9 Å². The lowest BCUT2D eigenvalue weighted by atomic mass is 10.1. The molecule has 0 amide bonds.